The molecular weight excluding hydrogens is 228 g/mol. The van der Waals surface area contributed by atoms with Crippen LogP contribution in [0, 0.1) is 0 Å². The lowest BCUT2D eigenvalue weighted by molar-refractivity contribution is 0.472. The van der Waals surface area contributed by atoms with E-state index in [9.17, 15) is 0 Å². The first-order chi connectivity index (χ1) is 8.88. The highest BCUT2D eigenvalue weighted by atomic mass is 16.3. The monoisotopic (exact) mass is 242 g/mol. The van der Waals surface area contributed by atoms with E-state index in [1.807, 2.05) is 36.7 Å². The normalized spacial score (nSPS) is 12.9. The van der Waals surface area contributed by atoms with E-state index >= 15 is 0 Å². The summed E-state index contributed by atoms with van der Waals surface area (Å²) >= 11 is 0. The summed E-state index contributed by atoms with van der Waals surface area (Å²) in [5.74, 6) is 5.60. The SMILES string of the molecule is NNC(Cn1cnc2ccccc21)c1ccoc1. The summed E-state index contributed by atoms with van der Waals surface area (Å²) in [4.78, 5) is 4.36. The van der Waals surface area contributed by atoms with E-state index in [2.05, 4.69) is 15.0 Å². The average molecular weight is 242 g/mol. The number of rotatable bonds is 4. The van der Waals surface area contributed by atoms with E-state index < -0.39 is 0 Å². The Morgan fingerprint density at radius 3 is 3.00 bits per heavy atom. The van der Waals surface area contributed by atoms with Gasteiger partial charge in [0.1, 0.15) is 0 Å². The molecule has 1 unspecified atom stereocenters. The Kier molecular flexibility index (Phi) is 2.84. The molecule has 1 atom stereocenters. The number of fused-ring (bicyclic) bond motifs is 1. The predicted molar refractivity (Wildman–Crippen MR) is 68.5 cm³/mol. The molecule has 3 rings (SSSR count). The largest absolute Gasteiger partial charge is 0.472 e. The zero-order valence-corrected chi connectivity index (χ0v) is 9.78. The van der Waals surface area contributed by atoms with Crippen LogP contribution in [0.2, 0.25) is 0 Å². The van der Waals surface area contributed by atoms with Crippen LogP contribution in [0.5, 0.6) is 0 Å². The number of aromatic nitrogens is 2. The number of nitrogens with zero attached hydrogens (tertiary/aromatic N) is 2. The van der Waals surface area contributed by atoms with Crippen LogP contribution in [-0.4, -0.2) is 9.55 Å². The van der Waals surface area contributed by atoms with Gasteiger partial charge in [-0.05, 0) is 18.2 Å². The summed E-state index contributed by atoms with van der Waals surface area (Å²) < 4.78 is 7.16. The molecule has 0 aliphatic rings. The number of hydrogen-bond acceptors (Lipinski definition) is 4. The Labute approximate surface area is 104 Å². The van der Waals surface area contributed by atoms with Gasteiger partial charge in [-0.25, -0.2) is 4.98 Å². The molecule has 3 N–H and O–H groups in total. The van der Waals surface area contributed by atoms with Crippen LogP contribution in [0.15, 0.2) is 53.6 Å². The third-order valence-corrected chi connectivity index (χ3v) is 3.05. The quantitative estimate of drug-likeness (QED) is 0.541. The highest BCUT2D eigenvalue weighted by Gasteiger charge is 2.13. The standard InChI is InChI=1S/C13H14N4O/c14-16-12(10-5-6-18-8-10)7-17-9-15-11-3-1-2-4-13(11)17/h1-6,8-9,12,16H,7,14H2. The number of furan rings is 1. The van der Waals surface area contributed by atoms with Crippen molar-refractivity contribution < 1.29 is 4.42 Å². The number of benzene rings is 1. The zero-order chi connectivity index (χ0) is 12.4. The van der Waals surface area contributed by atoms with Gasteiger partial charge in [-0.2, -0.15) is 0 Å². The van der Waals surface area contributed by atoms with E-state index in [-0.39, 0.29) is 6.04 Å². The Morgan fingerprint density at radius 2 is 2.22 bits per heavy atom. The molecule has 0 fully saturated rings. The lowest BCUT2D eigenvalue weighted by atomic mass is 10.1. The third kappa shape index (κ3) is 1.90. The Balaban J connectivity index is 1.91. The lowest BCUT2D eigenvalue weighted by Gasteiger charge is -2.15. The maximum absolute atomic E-state index is 5.60. The second-order valence-corrected chi connectivity index (χ2v) is 4.16. The zero-order valence-electron chi connectivity index (χ0n) is 9.78. The molecular formula is C13H14N4O. The van der Waals surface area contributed by atoms with Crippen molar-refractivity contribution in [3.8, 4) is 0 Å². The van der Waals surface area contributed by atoms with E-state index in [1.54, 1.807) is 12.5 Å². The minimum absolute atomic E-state index is 0.00126. The molecule has 5 heteroatoms. The first-order valence-corrected chi connectivity index (χ1v) is 5.76. The number of hydrogen-bond donors (Lipinski definition) is 2. The summed E-state index contributed by atoms with van der Waals surface area (Å²) in [6.45, 7) is 0.705. The van der Waals surface area contributed by atoms with E-state index in [1.165, 1.54) is 0 Å². The van der Waals surface area contributed by atoms with Gasteiger partial charge < -0.3 is 8.98 Å². The van der Waals surface area contributed by atoms with Gasteiger partial charge in [0, 0.05) is 12.1 Å². The molecule has 0 saturated carbocycles. The summed E-state index contributed by atoms with van der Waals surface area (Å²) in [6.07, 6.45) is 5.17. The van der Waals surface area contributed by atoms with Gasteiger partial charge >= 0.3 is 0 Å². The summed E-state index contributed by atoms with van der Waals surface area (Å²) in [6, 6.07) is 9.93. The topological polar surface area (TPSA) is 69.0 Å². The van der Waals surface area contributed by atoms with Crippen molar-refractivity contribution in [1.82, 2.24) is 15.0 Å². The van der Waals surface area contributed by atoms with E-state index in [4.69, 9.17) is 10.3 Å². The first kappa shape index (κ1) is 11.0. The molecule has 3 aromatic rings. The highest BCUT2D eigenvalue weighted by molar-refractivity contribution is 5.74. The molecule has 92 valence electrons. The summed E-state index contributed by atoms with van der Waals surface area (Å²) in [7, 11) is 0. The van der Waals surface area contributed by atoms with Crippen molar-refractivity contribution in [3.05, 3.63) is 54.7 Å². The van der Waals surface area contributed by atoms with Crippen LogP contribution in [-0.2, 0) is 6.54 Å². The van der Waals surface area contributed by atoms with E-state index in [0.717, 1.165) is 16.6 Å². The van der Waals surface area contributed by atoms with Crippen LogP contribution in [0.1, 0.15) is 11.6 Å². The molecule has 0 radical (unpaired) electrons. The second-order valence-electron chi connectivity index (χ2n) is 4.16. The van der Waals surface area contributed by atoms with Crippen molar-refractivity contribution in [2.45, 2.75) is 12.6 Å². The van der Waals surface area contributed by atoms with Gasteiger partial charge in [-0.1, -0.05) is 12.1 Å². The van der Waals surface area contributed by atoms with Crippen LogP contribution >= 0.6 is 0 Å². The van der Waals surface area contributed by atoms with E-state index in [0.29, 0.717) is 6.54 Å². The molecule has 0 saturated heterocycles. The fourth-order valence-electron chi connectivity index (χ4n) is 2.08. The van der Waals surface area contributed by atoms with Crippen LogP contribution in [0.4, 0.5) is 0 Å². The number of nitrogens with two attached hydrogens (primary N) is 1. The number of para-hydroxylation sites is 2. The maximum Gasteiger partial charge on any atom is 0.0958 e. The van der Waals surface area contributed by atoms with Crippen LogP contribution in [0.3, 0.4) is 0 Å². The maximum atomic E-state index is 5.60. The first-order valence-electron chi connectivity index (χ1n) is 5.76. The average Bonchev–Trinajstić information content (AvgIpc) is 3.06. The van der Waals surface area contributed by atoms with Crippen molar-refractivity contribution in [2.75, 3.05) is 0 Å². The smallest absolute Gasteiger partial charge is 0.0958 e. The highest BCUT2D eigenvalue weighted by Crippen LogP contribution is 2.18. The van der Waals surface area contributed by atoms with Crippen molar-refractivity contribution in [2.24, 2.45) is 5.84 Å². The van der Waals surface area contributed by atoms with Crippen molar-refractivity contribution in [1.29, 1.82) is 0 Å². The second kappa shape index (κ2) is 4.64. The van der Waals surface area contributed by atoms with Gasteiger partial charge in [-0.15, -0.1) is 0 Å². The van der Waals surface area contributed by atoms with Crippen molar-refractivity contribution >= 4 is 11.0 Å². The Bertz CT molecular complexity index is 629. The molecule has 0 bridgehead atoms. The molecule has 1 aromatic carbocycles. The fraction of sp³-hybridized carbons (Fsp3) is 0.154. The number of hydrazine groups is 1. The molecule has 5 nitrogen and oxygen atoms in total. The molecule has 0 spiro atoms. The molecule has 0 aliphatic carbocycles. The van der Waals surface area contributed by atoms with Crippen LogP contribution < -0.4 is 11.3 Å². The Morgan fingerprint density at radius 1 is 1.33 bits per heavy atom. The molecule has 18 heavy (non-hydrogen) atoms. The van der Waals surface area contributed by atoms with Gasteiger partial charge in [0.15, 0.2) is 0 Å². The Hall–Kier alpha value is -2.11. The lowest BCUT2D eigenvalue weighted by Crippen LogP contribution is -2.30. The predicted octanol–water partition coefficient (Wildman–Crippen LogP) is 1.83. The minimum atomic E-state index is 0.00126. The molecule has 2 heterocycles. The van der Waals surface area contributed by atoms with Gasteiger partial charge in [0.25, 0.3) is 0 Å². The van der Waals surface area contributed by atoms with Gasteiger partial charge in [0.05, 0.1) is 35.9 Å². The number of imidazole rings is 1. The molecule has 0 aliphatic heterocycles. The van der Waals surface area contributed by atoms with Crippen molar-refractivity contribution in [3.63, 3.8) is 0 Å². The van der Waals surface area contributed by atoms with Gasteiger partial charge in [0.2, 0.25) is 0 Å². The van der Waals surface area contributed by atoms with Gasteiger partial charge in [-0.3, -0.25) is 11.3 Å². The summed E-state index contributed by atoms with van der Waals surface area (Å²) in [5.41, 5.74) is 5.91. The molecule has 2 aromatic heterocycles. The summed E-state index contributed by atoms with van der Waals surface area (Å²) in [5, 5.41) is 0. The fourth-order valence-corrected chi connectivity index (χ4v) is 2.08. The number of nitrogens with one attached hydrogen (secondary N) is 1. The minimum Gasteiger partial charge on any atom is -0.472 e. The van der Waals surface area contributed by atoms with Crippen LogP contribution in [0.25, 0.3) is 11.0 Å². The third-order valence-electron chi connectivity index (χ3n) is 3.05. The molecule has 0 amide bonds.